The third-order valence-corrected chi connectivity index (χ3v) is 12.3. The summed E-state index contributed by atoms with van der Waals surface area (Å²) < 4.78 is 102. The topological polar surface area (TPSA) is 35.9 Å². The fourth-order valence-corrected chi connectivity index (χ4v) is 8.87. The van der Waals surface area contributed by atoms with E-state index in [4.69, 9.17) is 20.7 Å². The molecule has 11 rings (SSSR count). The van der Waals surface area contributed by atoms with Gasteiger partial charge in [-0.2, -0.15) is 0 Å². The van der Waals surface area contributed by atoms with E-state index >= 15 is 0 Å². The molecule has 0 saturated carbocycles. The van der Waals surface area contributed by atoms with Crippen LogP contribution in [-0.2, 0) is 10.8 Å². The zero-order valence-corrected chi connectivity index (χ0v) is 38.1. The molecule has 0 fully saturated rings. The largest absolute Gasteiger partial charge is 0.458 e. The quantitative estimate of drug-likeness (QED) is 0.113. The Hall–Kier alpha value is -8.02. The zero-order chi connectivity index (χ0) is 54.6. The van der Waals surface area contributed by atoms with Gasteiger partial charge in [0.15, 0.2) is 0 Å². The van der Waals surface area contributed by atoms with Crippen molar-refractivity contribution >= 4 is 32.8 Å². The first-order valence-corrected chi connectivity index (χ1v) is 22.3. The predicted octanol–water partition coefficient (Wildman–Crippen LogP) is 15.6. The number of para-hydroxylation sites is 3. The fourth-order valence-electron chi connectivity index (χ4n) is 8.87. The highest BCUT2D eigenvalue weighted by atomic mass is 16.5. The van der Waals surface area contributed by atoms with Crippen molar-refractivity contribution in [3.63, 3.8) is 0 Å². The van der Waals surface area contributed by atoms with E-state index in [0.717, 1.165) is 38.8 Å². The van der Waals surface area contributed by atoms with Crippen molar-refractivity contribution in [2.45, 2.75) is 52.4 Å². The Labute approximate surface area is 406 Å². The van der Waals surface area contributed by atoms with Gasteiger partial charge in [-0.1, -0.05) is 175 Å². The highest BCUT2D eigenvalue weighted by Gasteiger charge is 2.24. The van der Waals surface area contributed by atoms with E-state index in [1.165, 1.54) is 0 Å². The summed E-state index contributed by atoms with van der Waals surface area (Å²) in [5.41, 5.74) is 7.30. The molecular formula is C62H52N4O. The molecule has 0 saturated heterocycles. The van der Waals surface area contributed by atoms with E-state index in [9.17, 15) is 2.74 Å². The van der Waals surface area contributed by atoms with Gasteiger partial charge in [0, 0.05) is 23.0 Å². The second-order valence-corrected chi connectivity index (χ2v) is 18.8. The maximum Gasteiger partial charge on any atom is 0.269 e. The van der Waals surface area contributed by atoms with Gasteiger partial charge < -0.3 is 4.74 Å². The minimum Gasteiger partial charge on any atom is -0.458 e. The van der Waals surface area contributed by atoms with Crippen LogP contribution in [-0.4, -0.2) is 14.1 Å². The molecule has 5 nitrogen and oxygen atoms in total. The molecule has 0 radical (unpaired) electrons. The molecule has 8 aromatic carbocycles. The Bertz CT molecular complexity index is 4180. The van der Waals surface area contributed by atoms with Crippen LogP contribution < -0.4 is 9.30 Å². The van der Waals surface area contributed by atoms with Crippen molar-refractivity contribution in [1.29, 1.82) is 0 Å². The van der Waals surface area contributed by atoms with Gasteiger partial charge >= 0.3 is 0 Å². The Morgan fingerprint density at radius 2 is 1.16 bits per heavy atom. The highest BCUT2D eigenvalue weighted by molar-refractivity contribution is 6.09. The fraction of sp³-hybridized carbons (Fsp3) is 0.129. The van der Waals surface area contributed by atoms with Crippen LogP contribution in [0.15, 0.2) is 206 Å². The summed E-state index contributed by atoms with van der Waals surface area (Å²) in [5, 5.41) is 2.14. The minimum atomic E-state index is -0.576. The summed E-state index contributed by atoms with van der Waals surface area (Å²) in [4.78, 5) is 4.85. The monoisotopic (exact) mass is 878 g/mol. The Morgan fingerprint density at radius 1 is 0.522 bits per heavy atom. The van der Waals surface area contributed by atoms with E-state index in [2.05, 4.69) is 82.8 Å². The molecule has 0 bridgehead atoms. The van der Waals surface area contributed by atoms with E-state index in [0.29, 0.717) is 45.0 Å². The Balaban J connectivity index is 1.13. The number of aromatic nitrogens is 4. The maximum atomic E-state index is 9.38. The number of hydrogen-bond acceptors (Lipinski definition) is 2. The van der Waals surface area contributed by atoms with Crippen LogP contribution in [0.25, 0.3) is 83.4 Å². The van der Waals surface area contributed by atoms with Gasteiger partial charge in [0.2, 0.25) is 0 Å². The van der Waals surface area contributed by atoms with Crippen LogP contribution >= 0.6 is 0 Å². The lowest BCUT2D eigenvalue weighted by atomic mass is 9.84. The van der Waals surface area contributed by atoms with Gasteiger partial charge in [0.1, 0.15) is 17.3 Å². The molecule has 0 unspecified atom stereocenters. The minimum absolute atomic E-state index is 0.0908. The molecule has 3 heterocycles. The lowest BCUT2D eigenvalue weighted by molar-refractivity contribution is -0.571. The third-order valence-electron chi connectivity index (χ3n) is 12.3. The molecule has 0 aliphatic heterocycles. The summed E-state index contributed by atoms with van der Waals surface area (Å²) in [6.07, 6.45) is 5.46. The average molecular weight is 879 g/mol. The van der Waals surface area contributed by atoms with Gasteiger partial charge in [0.05, 0.1) is 47.1 Å². The van der Waals surface area contributed by atoms with E-state index in [1.807, 2.05) is 108 Å². The molecule has 0 spiro atoms. The SMILES string of the molecule is [2H]c1c([2H])c([2H])c(-c2cc(-c3cccc(C(C)(C)C)c3)c(-[n+]3[c-]n(-c4cccc(Oc5ccc6c7ccccc7n(-c7cc(C(C)(C)C)ccn7)c6c5)c4)c4ccccc43)c(-c3c([2H])c([2H])c([2H])c([2H])c3[2H])c2)c([2H])c1[2H]. The molecule has 0 aliphatic rings. The Kier molecular flexibility index (Phi) is 7.80. The summed E-state index contributed by atoms with van der Waals surface area (Å²) in [6, 6.07) is 39.8. The second-order valence-electron chi connectivity index (χ2n) is 18.8. The summed E-state index contributed by atoms with van der Waals surface area (Å²) in [7, 11) is 0. The van der Waals surface area contributed by atoms with Crippen molar-refractivity contribution in [3.05, 3.63) is 224 Å². The van der Waals surface area contributed by atoms with Gasteiger partial charge in [-0.05, 0) is 116 Å². The molecule has 67 heavy (non-hydrogen) atoms. The first-order valence-electron chi connectivity index (χ1n) is 27.3. The van der Waals surface area contributed by atoms with Gasteiger partial charge in [-0.25, -0.2) is 4.98 Å². The summed E-state index contributed by atoms with van der Waals surface area (Å²) in [5.74, 6) is 1.94. The number of pyridine rings is 1. The van der Waals surface area contributed by atoms with Gasteiger partial charge in [-0.3, -0.25) is 13.7 Å². The number of rotatable bonds is 8. The van der Waals surface area contributed by atoms with E-state index in [1.54, 1.807) is 16.7 Å². The summed E-state index contributed by atoms with van der Waals surface area (Å²) >= 11 is 0. The van der Waals surface area contributed by atoms with Crippen LogP contribution in [0.2, 0.25) is 0 Å². The molecule has 0 aliphatic carbocycles. The third kappa shape index (κ3) is 7.76. The molecule has 5 heteroatoms. The number of benzene rings is 8. The van der Waals surface area contributed by atoms with Gasteiger partial charge in [0.25, 0.3) is 6.33 Å². The standard InChI is InChI=1S/C62H52N4O/c1-61(2,3)46-24-17-23-44(35-46)54-37-45(42-19-9-7-10-20-42)36-53(43-21-11-8-12-22-43)60(54)65-41-64(56-29-15-16-30-57(56)65)48-25-18-26-49(39-48)67-50-31-32-52-51-27-13-14-28-55(51)66(58(52)40-50)59-38-47(33-34-63-59)62(4,5)6/h7-40H,1-6H3/i7D,8D,9D,10D,11D,12D,19D,20D,21D,22D. The van der Waals surface area contributed by atoms with E-state index in [-0.39, 0.29) is 33.1 Å². The summed E-state index contributed by atoms with van der Waals surface area (Å²) in [6.45, 7) is 12.8. The van der Waals surface area contributed by atoms with Crippen LogP contribution in [0, 0.1) is 6.33 Å². The molecule has 0 amide bonds. The predicted molar refractivity (Wildman–Crippen MR) is 276 cm³/mol. The number of imidazole rings is 1. The highest BCUT2D eigenvalue weighted by Crippen LogP contribution is 2.41. The van der Waals surface area contributed by atoms with Crippen molar-refractivity contribution in [3.8, 4) is 62.1 Å². The number of ether oxygens (including phenoxy) is 1. The van der Waals surface area contributed by atoms with Crippen LogP contribution in [0.1, 0.15) is 66.4 Å². The molecule has 0 N–H and O–H groups in total. The molecular weight excluding hydrogens is 817 g/mol. The normalized spacial score (nSPS) is 14.1. The first-order chi connectivity index (χ1) is 36.6. The first kappa shape index (κ1) is 31.8. The Morgan fingerprint density at radius 3 is 1.93 bits per heavy atom. The maximum absolute atomic E-state index is 9.38. The lowest BCUT2D eigenvalue weighted by Crippen LogP contribution is -2.31. The number of hydrogen-bond donors (Lipinski definition) is 0. The molecule has 0 atom stereocenters. The van der Waals surface area contributed by atoms with Crippen LogP contribution in [0.5, 0.6) is 11.5 Å². The lowest BCUT2D eigenvalue weighted by Gasteiger charge is -2.22. The van der Waals surface area contributed by atoms with Crippen molar-refractivity contribution < 1.29 is 23.0 Å². The van der Waals surface area contributed by atoms with Crippen LogP contribution in [0.4, 0.5) is 0 Å². The average Bonchev–Trinajstić information content (AvgIpc) is 4.09. The molecule has 11 aromatic rings. The van der Waals surface area contributed by atoms with Gasteiger partial charge in [-0.15, -0.1) is 0 Å². The van der Waals surface area contributed by atoms with Crippen molar-refractivity contribution in [1.82, 2.24) is 14.1 Å². The molecule has 3 aromatic heterocycles. The van der Waals surface area contributed by atoms with Crippen LogP contribution in [0.3, 0.4) is 0 Å². The smallest absolute Gasteiger partial charge is 0.269 e. The molecule has 326 valence electrons. The number of nitrogens with zero attached hydrogens (tertiary/aromatic N) is 4. The van der Waals surface area contributed by atoms with Crippen molar-refractivity contribution in [2.75, 3.05) is 0 Å². The van der Waals surface area contributed by atoms with Crippen molar-refractivity contribution in [2.24, 2.45) is 0 Å². The van der Waals surface area contributed by atoms with E-state index < -0.39 is 60.4 Å². The number of fused-ring (bicyclic) bond motifs is 4. The second kappa shape index (κ2) is 16.4. The zero-order valence-electron chi connectivity index (χ0n) is 48.1.